The molecule has 1 heterocycles. The summed E-state index contributed by atoms with van der Waals surface area (Å²) in [6, 6.07) is 18.5. The number of likely N-dealkylation sites (tertiary alicyclic amines) is 1. The van der Waals surface area contributed by atoms with E-state index < -0.39 is 0 Å². The van der Waals surface area contributed by atoms with E-state index in [0.29, 0.717) is 0 Å². The molecule has 0 radical (unpaired) electrons. The minimum atomic E-state index is -0.0495. The summed E-state index contributed by atoms with van der Waals surface area (Å²) >= 11 is 0. The maximum atomic E-state index is 11.1. The van der Waals surface area contributed by atoms with Gasteiger partial charge in [-0.25, -0.2) is 0 Å². The first-order chi connectivity index (χ1) is 14.1. The number of amides is 1. The van der Waals surface area contributed by atoms with E-state index in [1.165, 1.54) is 23.6 Å². The average Bonchev–Trinajstić information content (AvgIpc) is 2.74. The number of hydrogen-bond donors (Lipinski definition) is 2. The van der Waals surface area contributed by atoms with Crippen LogP contribution in [0.4, 0.5) is 5.69 Å². The molecule has 2 aromatic carbocycles. The van der Waals surface area contributed by atoms with Crippen LogP contribution >= 0.6 is 24.0 Å². The van der Waals surface area contributed by atoms with E-state index in [1.807, 2.05) is 19.2 Å². The SMILES string of the molecule is CN=C(NCCc1ccc(NC(C)=O)cc1)N1CCC(=Cc2ccccc2)CC1.I. The number of aliphatic imine (C=N–C) groups is 1. The smallest absolute Gasteiger partial charge is 0.221 e. The number of benzene rings is 2. The Balaban J connectivity index is 0.00000320. The van der Waals surface area contributed by atoms with E-state index in [4.69, 9.17) is 0 Å². The summed E-state index contributed by atoms with van der Waals surface area (Å²) in [4.78, 5) is 17.9. The maximum Gasteiger partial charge on any atom is 0.221 e. The molecule has 0 saturated carbocycles. The number of nitrogens with zero attached hydrogens (tertiary/aromatic N) is 2. The first kappa shape index (κ1) is 23.9. The number of nitrogens with one attached hydrogen (secondary N) is 2. The highest BCUT2D eigenvalue weighted by atomic mass is 127. The standard InChI is InChI=1S/C24H30N4O.HI/c1-19(29)27-23-10-8-20(9-11-23)12-15-26-24(25-2)28-16-13-22(14-17-28)18-21-6-4-3-5-7-21;/h3-11,18H,12-17H2,1-2H3,(H,25,26)(H,27,29);1H. The Hall–Kier alpha value is -2.35. The fourth-order valence-corrected chi connectivity index (χ4v) is 3.54. The number of guanidine groups is 1. The molecule has 1 amide bonds. The highest BCUT2D eigenvalue weighted by molar-refractivity contribution is 14.0. The predicted molar refractivity (Wildman–Crippen MR) is 136 cm³/mol. The van der Waals surface area contributed by atoms with Crippen LogP contribution in [0.15, 0.2) is 65.2 Å². The molecule has 160 valence electrons. The van der Waals surface area contributed by atoms with E-state index in [1.54, 1.807) is 0 Å². The molecule has 30 heavy (non-hydrogen) atoms. The summed E-state index contributed by atoms with van der Waals surface area (Å²) < 4.78 is 0. The van der Waals surface area contributed by atoms with Gasteiger partial charge in [0, 0.05) is 39.3 Å². The van der Waals surface area contributed by atoms with Gasteiger partial charge in [-0.1, -0.05) is 54.1 Å². The maximum absolute atomic E-state index is 11.1. The summed E-state index contributed by atoms with van der Waals surface area (Å²) in [5, 5.41) is 6.28. The van der Waals surface area contributed by atoms with Gasteiger partial charge >= 0.3 is 0 Å². The topological polar surface area (TPSA) is 56.7 Å². The minimum absolute atomic E-state index is 0. The highest BCUT2D eigenvalue weighted by Gasteiger charge is 2.17. The molecule has 6 heteroatoms. The van der Waals surface area contributed by atoms with Gasteiger partial charge < -0.3 is 15.5 Å². The molecule has 0 aromatic heterocycles. The Kier molecular flexibility index (Phi) is 9.86. The number of rotatable bonds is 5. The van der Waals surface area contributed by atoms with Gasteiger partial charge in [0.05, 0.1) is 0 Å². The van der Waals surface area contributed by atoms with Crippen LogP contribution in [-0.4, -0.2) is 43.4 Å². The zero-order valence-electron chi connectivity index (χ0n) is 17.7. The van der Waals surface area contributed by atoms with E-state index in [9.17, 15) is 4.79 Å². The van der Waals surface area contributed by atoms with Crippen molar-refractivity contribution in [1.82, 2.24) is 10.2 Å². The van der Waals surface area contributed by atoms with Gasteiger partial charge in [0.2, 0.25) is 5.91 Å². The highest BCUT2D eigenvalue weighted by Crippen LogP contribution is 2.19. The fourth-order valence-electron chi connectivity index (χ4n) is 3.54. The largest absolute Gasteiger partial charge is 0.356 e. The third-order valence-corrected chi connectivity index (χ3v) is 5.06. The van der Waals surface area contributed by atoms with Crippen LogP contribution in [0.1, 0.15) is 30.9 Å². The summed E-state index contributed by atoms with van der Waals surface area (Å²) in [7, 11) is 1.85. The van der Waals surface area contributed by atoms with Crippen LogP contribution in [0.2, 0.25) is 0 Å². The molecular formula is C24H31IN4O. The Bertz CT molecular complexity index is 853. The first-order valence-electron chi connectivity index (χ1n) is 10.2. The van der Waals surface area contributed by atoms with Crippen molar-refractivity contribution in [3.05, 3.63) is 71.3 Å². The third-order valence-electron chi connectivity index (χ3n) is 5.06. The Labute approximate surface area is 196 Å². The molecule has 2 aromatic rings. The lowest BCUT2D eigenvalue weighted by molar-refractivity contribution is -0.114. The second-order valence-corrected chi connectivity index (χ2v) is 7.30. The van der Waals surface area contributed by atoms with Crippen LogP contribution in [0.25, 0.3) is 6.08 Å². The molecule has 3 rings (SSSR count). The van der Waals surface area contributed by atoms with Crippen molar-refractivity contribution >= 4 is 47.6 Å². The molecule has 1 saturated heterocycles. The number of hydrogen-bond acceptors (Lipinski definition) is 2. The van der Waals surface area contributed by atoms with Crippen molar-refractivity contribution in [2.45, 2.75) is 26.2 Å². The Morgan fingerprint density at radius 1 is 1.07 bits per heavy atom. The van der Waals surface area contributed by atoms with Crippen molar-refractivity contribution in [3.8, 4) is 0 Å². The van der Waals surface area contributed by atoms with Gasteiger partial charge in [0.25, 0.3) is 0 Å². The normalized spacial score (nSPS) is 14.0. The second-order valence-electron chi connectivity index (χ2n) is 7.30. The molecule has 0 spiro atoms. The Morgan fingerprint density at radius 3 is 2.33 bits per heavy atom. The monoisotopic (exact) mass is 518 g/mol. The molecule has 2 N–H and O–H groups in total. The van der Waals surface area contributed by atoms with E-state index in [-0.39, 0.29) is 29.9 Å². The number of carbonyl (C=O) groups is 1. The number of carbonyl (C=O) groups excluding carboxylic acids is 1. The van der Waals surface area contributed by atoms with Crippen molar-refractivity contribution in [3.63, 3.8) is 0 Å². The third kappa shape index (κ3) is 7.48. The molecule has 5 nitrogen and oxygen atoms in total. The van der Waals surface area contributed by atoms with Crippen LogP contribution < -0.4 is 10.6 Å². The van der Waals surface area contributed by atoms with E-state index in [0.717, 1.165) is 50.5 Å². The molecule has 1 aliphatic heterocycles. The molecule has 0 aliphatic carbocycles. The van der Waals surface area contributed by atoms with Crippen LogP contribution in [0.5, 0.6) is 0 Å². The van der Waals surface area contributed by atoms with E-state index in [2.05, 4.69) is 69.1 Å². The van der Waals surface area contributed by atoms with Crippen LogP contribution in [-0.2, 0) is 11.2 Å². The number of halogens is 1. The first-order valence-corrected chi connectivity index (χ1v) is 10.2. The van der Waals surface area contributed by atoms with Crippen molar-refractivity contribution in [1.29, 1.82) is 0 Å². The lowest BCUT2D eigenvalue weighted by Gasteiger charge is -2.31. The fraction of sp³-hybridized carbons (Fsp3) is 0.333. The summed E-state index contributed by atoms with van der Waals surface area (Å²) in [5.41, 5.74) is 4.84. The van der Waals surface area contributed by atoms with Gasteiger partial charge in [-0.3, -0.25) is 9.79 Å². The zero-order chi connectivity index (χ0) is 20.5. The lowest BCUT2D eigenvalue weighted by atomic mass is 10.0. The van der Waals surface area contributed by atoms with Gasteiger partial charge in [-0.15, -0.1) is 24.0 Å². The van der Waals surface area contributed by atoms with Crippen molar-refractivity contribution in [2.75, 3.05) is 32.0 Å². The second kappa shape index (κ2) is 12.4. The lowest BCUT2D eigenvalue weighted by Crippen LogP contribution is -2.45. The summed E-state index contributed by atoms with van der Waals surface area (Å²) in [6.45, 7) is 4.33. The van der Waals surface area contributed by atoms with Crippen molar-refractivity contribution in [2.24, 2.45) is 4.99 Å². The zero-order valence-corrected chi connectivity index (χ0v) is 20.1. The minimum Gasteiger partial charge on any atom is -0.356 e. The van der Waals surface area contributed by atoms with Crippen molar-refractivity contribution < 1.29 is 4.79 Å². The van der Waals surface area contributed by atoms with Gasteiger partial charge in [0.15, 0.2) is 5.96 Å². The number of anilines is 1. The molecule has 0 unspecified atom stereocenters. The average molecular weight is 518 g/mol. The summed E-state index contributed by atoms with van der Waals surface area (Å²) in [6.07, 6.45) is 5.37. The molecule has 1 aliphatic rings. The molecular weight excluding hydrogens is 487 g/mol. The Morgan fingerprint density at radius 2 is 1.73 bits per heavy atom. The predicted octanol–water partition coefficient (Wildman–Crippen LogP) is 4.56. The van der Waals surface area contributed by atoms with Crippen LogP contribution in [0, 0.1) is 0 Å². The molecule has 0 atom stereocenters. The van der Waals surface area contributed by atoms with Crippen LogP contribution in [0.3, 0.4) is 0 Å². The summed E-state index contributed by atoms with van der Waals surface area (Å²) in [5.74, 6) is 0.921. The van der Waals surface area contributed by atoms with E-state index >= 15 is 0 Å². The molecule has 0 bridgehead atoms. The molecule has 1 fully saturated rings. The quantitative estimate of drug-likeness (QED) is 0.347. The van der Waals surface area contributed by atoms with Gasteiger partial charge in [0.1, 0.15) is 0 Å². The van der Waals surface area contributed by atoms with Gasteiger partial charge in [-0.2, -0.15) is 0 Å². The van der Waals surface area contributed by atoms with Gasteiger partial charge in [-0.05, 0) is 42.5 Å². The number of piperidine rings is 1.